The van der Waals surface area contributed by atoms with Gasteiger partial charge in [0.2, 0.25) is 5.91 Å². The molecule has 0 aliphatic heterocycles. The zero-order valence-electron chi connectivity index (χ0n) is 16.5. The van der Waals surface area contributed by atoms with Gasteiger partial charge in [-0.25, -0.2) is 9.97 Å². The van der Waals surface area contributed by atoms with Crippen molar-refractivity contribution in [1.29, 1.82) is 0 Å². The Kier molecular flexibility index (Phi) is 4.71. The van der Waals surface area contributed by atoms with Crippen LogP contribution in [0.5, 0.6) is 0 Å². The van der Waals surface area contributed by atoms with Crippen molar-refractivity contribution >= 4 is 22.6 Å². The SMILES string of the molecule is Cc1cccc(N(C)C(=O)[C@H](C)n2cnc3nc4c(cc3c2=O)CCCC4)c1. The number of rotatable bonds is 3. The van der Waals surface area contributed by atoms with Crippen LogP contribution in [0.3, 0.4) is 0 Å². The second kappa shape index (κ2) is 7.19. The lowest BCUT2D eigenvalue weighted by molar-refractivity contribution is -0.121. The van der Waals surface area contributed by atoms with Gasteiger partial charge in [-0.05, 0) is 68.9 Å². The standard InChI is InChI=1S/C22H24N4O2/c1-14-7-6-9-17(11-14)25(3)21(27)15(2)26-13-23-20-18(22(26)28)12-16-8-4-5-10-19(16)24-20/h6-7,9,11-13,15H,4-5,8,10H2,1-3H3/t15-/m0/s1. The summed E-state index contributed by atoms with van der Waals surface area (Å²) in [5.74, 6) is -0.167. The molecule has 1 amide bonds. The van der Waals surface area contributed by atoms with Crippen molar-refractivity contribution in [3.8, 4) is 0 Å². The monoisotopic (exact) mass is 376 g/mol. The maximum Gasteiger partial charge on any atom is 0.263 e. The number of benzene rings is 1. The van der Waals surface area contributed by atoms with E-state index in [4.69, 9.17) is 0 Å². The van der Waals surface area contributed by atoms with E-state index in [1.54, 1.807) is 18.9 Å². The highest BCUT2D eigenvalue weighted by atomic mass is 16.2. The topological polar surface area (TPSA) is 68.1 Å². The molecular weight excluding hydrogens is 352 g/mol. The number of hydrogen-bond acceptors (Lipinski definition) is 4. The molecule has 6 heteroatoms. The molecule has 1 atom stereocenters. The summed E-state index contributed by atoms with van der Waals surface area (Å²) in [4.78, 5) is 36.6. The molecule has 0 saturated heterocycles. The first-order chi connectivity index (χ1) is 13.5. The van der Waals surface area contributed by atoms with Gasteiger partial charge in [-0.2, -0.15) is 0 Å². The number of likely N-dealkylation sites (N-methyl/N-ethyl adjacent to an activating group) is 1. The van der Waals surface area contributed by atoms with Gasteiger partial charge in [0.1, 0.15) is 12.4 Å². The van der Waals surface area contributed by atoms with Crippen molar-refractivity contribution in [2.75, 3.05) is 11.9 Å². The molecule has 1 aliphatic rings. The second-order valence-electron chi connectivity index (χ2n) is 7.54. The number of fused-ring (bicyclic) bond motifs is 2. The Bertz CT molecular complexity index is 1120. The second-order valence-corrected chi connectivity index (χ2v) is 7.54. The average Bonchev–Trinajstić information content (AvgIpc) is 2.71. The largest absolute Gasteiger partial charge is 0.314 e. The van der Waals surface area contributed by atoms with Gasteiger partial charge >= 0.3 is 0 Å². The molecule has 0 fully saturated rings. The Morgan fingerprint density at radius 1 is 1.21 bits per heavy atom. The number of aryl methyl sites for hydroxylation is 3. The van der Waals surface area contributed by atoms with E-state index in [2.05, 4.69) is 9.97 Å². The zero-order chi connectivity index (χ0) is 19.8. The van der Waals surface area contributed by atoms with Gasteiger partial charge in [0.25, 0.3) is 5.56 Å². The third-order valence-electron chi connectivity index (χ3n) is 5.54. The summed E-state index contributed by atoms with van der Waals surface area (Å²) in [5, 5.41) is 0.487. The highest BCUT2D eigenvalue weighted by Crippen LogP contribution is 2.22. The number of pyridine rings is 1. The van der Waals surface area contributed by atoms with Crippen LogP contribution in [0.4, 0.5) is 5.69 Å². The molecule has 2 aromatic heterocycles. The highest BCUT2D eigenvalue weighted by Gasteiger charge is 2.23. The van der Waals surface area contributed by atoms with E-state index < -0.39 is 6.04 Å². The number of carbonyl (C=O) groups is 1. The summed E-state index contributed by atoms with van der Waals surface area (Å²) in [6, 6.07) is 8.99. The Morgan fingerprint density at radius 2 is 2.00 bits per heavy atom. The lowest BCUT2D eigenvalue weighted by atomic mass is 9.95. The maximum absolute atomic E-state index is 13.1. The van der Waals surface area contributed by atoms with Crippen molar-refractivity contribution in [2.45, 2.75) is 45.6 Å². The molecule has 0 radical (unpaired) electrons. The van der Waals surface area contributed by atoms with Crippen LogP contribution in [0.2, 0.25) is 0 Å². The average molecular weight is 376 g/mol. The predicted molar refractivity (Wildman–Crippen MR) is 110 cm³/mol. The quantitative estimate of drug-likeness (QED) is 0.704. The van der Waals surface area contributed by atoms with E-state index in [0.29, 0.717) is 11.0 Å². The molecule has 0 saturated carbocycles. The van der Waals surface area contributed by atoms with Gasteiger partial charge in [-0.3, -0.25) is 14.2 Å². The molecule has 0 unspecified atom stereocenters. The summed E-state index contributed by atoms with van der Waals surface area (Å²) in [5.41, 5.74) is 4.30. The minimum Gasteiger partial charge on any atom is -0.314 e. The first-order valence-corrected chi connectivity index (χ1v) is 9.69. The molecule has 0 spiro atoms. The third-order valence-corrected chi connectivity index (χ3v) is 5.54. The van der Waals surface area contributed by atoms with E-state index in [9.17, 15) is 9.59 Å². The fourth-order valence-corrected chi connectivity index (χ4v) is 3.83. The molecule has 2 heterocycles. The Balaban J connectivity index is 1.70. The van der Waals surface area contributed by atoms with E-state index in [-0.39, 0.29) is 11.5 Å². The summed E-state index contributed by atoms with van der Waals surface area (Å²) >= 11 is 0. The first kappa shape index (κ1) is 18.3. The van der Waals surface area contributed by atoms with Crippen LogP contribution in [-0.2, 0) is 17.6 Å². The zero-order valence-corrected chi connectivity index (χ0v) is 16.5. The number of nitrogens with zero attached hydrogens (tertiary/aromatic N) is 4. The lowest BCUT2D eigenvalue weighted by Crippen LogP contribution is -2.37. The Morgan fingerprint density at radius 3 is 2.79 bits per heavy atom. The minimum atomic E-state index is -0.661. The third kappa shape index (κ3) is 3.19. The van der Waals surface area contributed by atoms with Crippen molar-refractivity contribution in [1.82, 2.24) is 14.5 Å². The molecule has 28 heavy (non-hydrogen) atoms. The summed E-state index contributed by atoms with van der Waals surface area (Å²) < 4.78 is 1.41. The summed E-state index contributed by atoms with van der Waals surface area (Å²) in [6.07, 6.45) is 5.56. The molecule has 1 aromatic carbocycles. The van der Waals surface area contributed by atoms with Gasteiger partial charge in [0, 0.05) is 18.4 Å². The molecule has 4 rings (SSSR count). The van der Waals surface area contributed by atoms with Crippen LogP contribution in [0, 0.1) is 6.92 Å². The van der Waals surface area contributed by atoms with Crippen molar-refractivity contribution in [3.05, 3.63) is 63.8 Å². The van der Waals surface area contributed by atoms with Gasteiger partial charge in [0.05, 0.1) is 5.39 Å². The van der Waals surface area contributed by atoms with Crippen LogP contribution < -0.4 is 10.5 Å². The smallest absolute Gasteiger partial charge is 0.263 e. The van der Waals surface area contributed by atoms with Crippen LogP contribution in [0.15, 0.2) is 41.5 Å². The van der Waals surface area contributed by atoms with Crippen molar-refractivity contribution < 1.29 is 4.79 Å². The van der Waals surface area contributed by atoms with Crippen LogP contribution in [0.25, 0.3) is 11.0 Å². The maximum atomic E-state index is 13.1. The number of aromatic nitrogens is 3. The van der Waals surface area contributed by atoms with Crippen molar-refractivity contribution in [2.24, 2.45) is 0 Å². The van der Waals surface area contributed by atoms with Gasteiger partial charge in [-0.1, -0.05) is 12.1 Å². The highest BCUT2D eigenvalue weighted by molar-refractivity contribution is 5.95. The molecule has 0 N–H and O–H groups in total. The van der Waals surface area contributed by atoms with E-state index in [0.717, 1.165) is 48.2 Å². The Hall–Kier alpha value is -3.02. The normalized spacial score (nSPS) is 14.5. The van der Waals surface area contributed by atoms with E-state index in [1.165, 1.54) is 10.9 Å². The number of amides is 1. The predicted octanol–water partition coefficient (Wildman–Crippen LogP) is 3.20. The number of hydrogen-bond donors (Lipinski definition) is 0. The molecule has 1 aliphatic carbocycles. The number of anilines is 1. The summed E-state index contributed by atoms with van der Waals surface area (Å²) in [6.45, 7) is 3.71. The lowest BCUT2D eigenvalue weighted by Gasteiger charge is -2.23. The van der Waals surface area contributed by atoms with Crippen molar-refractivity contribution in [3.63, 3.8) is 0 Å². The first-order valence-electron chi connectivity index (χ1n) is 9.69. The molecule has 6 nitrogen and oxygen atoms in total. The van der Waals surface area contributed by atoms with Gasteiger partial charge in [0.15, 0.2) is 5.65 Å². The molecular formula is C22H24N4O2. The summed E-state index contributed by atoms with van der Waals surface area (Å²) in [7, 11) is 1.73. The van der Waals surface area contributed by atoms with Crippen LogP contribution in [-0.4, -0.2) is 27.5 Å². The fraction of sp³-hybridized carbons (Fsp3) is 0.364. The molecule has 3 aromatic rings. The minimum absolute atomic E-state index is 0.167. The van der Waals surface area contributed by atoms with E-state index >= 15 is 0 Å². The van der Waals surface area contributed by atoms with Crippen LogP contribution in [0.1, 0.15) is 42.6 Å². The molecule has 0 bridgehead atoms. The van der Waals surface area contributed by atoms with Gasteiger partial charge in [-0.15, -0.1) is 0 Å². The van der Waals surface area contributed by atoms with Crippen LogP contribution >= 0.6 is 0 Å². The van der Waals surface area contributed by atoms with Gasteiger partial charge < -0.3 is 4.90 Å². The molecule has 144 valence electrons. The fourth-order valence-electron chi connectivity index (χ4n) is 3.83. The Labute approximate surface area is 163 Å². The number of carbonyl (C=O) groups excluding carboxylic acids is 1. The van der Waals surface area contributed by atoms with E-state index in [1.807, 2.05) is 37.3 Å².